The van der Waals surface area contributed by atoms with Crippen molar-refractivity contribution < 1.29 is 57.1 Å². The predicted octanol–water partition coefficient (Wildman–Crippen LogP) is 1.77. The topological polar surface area (TPSA) is 153 Å². The molecule has 5 rings (SSSR count). The maximum atomic E-state index is 13.2. The van der Waals surface area contributed by atoms with Crippen LogP contribution in [0.4, 0.5) is 0 Å². The molecule has 4 heterocycles. The highest BCUT2D eigenvalue weighted by atomic mass is 35.5. The van der Waals surface area contributed by atoms with E-state index in [1.54, 1.807) is 13.8 Å². The standard InChI is InChI=1S/C28H35ClO12/c1-11-18(29)22-28(12(2)25(34)40-22)24(39-16(6)33)21-26(7,17(36-13(3)30)8-9-27(21)10-35-27)23(38-15(5)32)20(19(11)41-28)37-14(4)31/h12,17-24H,1,8-10H2,2-7H3/t12-,17?,18?,19+,20+,21-,22+,23-,24?,26-,27?,28-/m0/s1. The molecule has 5 fully saturated rings. The van der Waals surface area contributed by atoms with Gasteiger partial charge in [-0.1, -0.05) is 13.5 Å². The summed E-state index contributed by atoms with van der Waals surface area (Å²) < 4.78 is 42.4. The zero-order valence-electron chi connectivity index (χ0n) is 23.8. The van der Waals surface area contributed by atoms with Crippen molar-refractivity contribution in [2.45, 2.75) is 108 Å². The van der Waals surface area contributed by atoms with Crippen LogP contribution in [0.3, 0.4) is 0 Å². The van der Waals surface area contributed by atoms with Gasteiger partial charge in [0.25, 0.3) is 0 Å². The van der Waals surface area contributed by atoms with Crippen LogP contribution < -0.4 is 0 Å². The lowest BCUT2D eigenvalue weighted by Gasteiger charge is -2.62. The summed E-state index contributed by atoms with van der Waals surface area (Å²) >= 11 is 6.93. The second-order valence-electron chi connectivity index (χ2n) is 11.9. The normalized spacial score (nSPS) is 46.2. The molecule has 12 nitrogen and oxygen atoms in total. The van der Waals surface area contributed by atoms with Gasteiger partial charge in [0.2, 0.25) is 0 Å². The largest absolute Gasteiger partial charge is 0.462 e. The molecule has 0 N–H and O–H groups in total. The van der Waals surface area contributed by atoms with Crippen LogP contribution in [-0.2, 0) is 57.1 Å². The molecule has 0 radical (unpaired) electrons. The van der Waals surface area contributed by atoms with E-state index in [4.69, 9.17) is 44.8 Å². The molecule has 4 unspecified atom stereocenters. The summed E-state index contributed by atoms with van der Waals surface area (Å²) in [6.45, 7) is 12.5. The molecule has 0 aromatic carbocycles. The van der Waals surface area contributed by atoms with Crippen LogP contribution in [0.1, 0.15) is 54.4 Å². The Balaban J connectivity index is 1.86. The number of halogens is 1. The number of carbonyl (C=O) groups is 5. The Bertz CT molecular complexity index is 1200. The summed E-state index contributed by atoms with van der Waals surface area (Å²) in [4.78, 5) is 63.7. The molecule has 1 aliphatic carbocycles. The van der Waals surface area contributed by atoms with E-state index >= 15 is 0 Å². The van der Waals surface area contributed by atoms with Crippen LogP contribution >= 0.6 is 11.6 Å². The second-order valence-corrected chi connectivity index (χ2v) is 12.4. The highest BCUT2D eigenvalue weighted by molar-refractivity contribution is 6.23. The summed E-state index contributed by atoms with van der Waals surface area (Å²) in [6.07, 6.45) is -6.51. The molecular formula is C28H35ClO12. The first kappa shape index (κ1) is 29.8. The quantitative estimate of drug-likeness (QED) is 0.152. The highest BCUT2D eigenvalue weighted by Gasteiger charge is 2.80. The second kappa shape index (κ2) is 9.95. The van der Waals surface area contributed by atoms with E-state index in [1.807, 2.05) is 0 Å². The summed E-state index contributed by atoms with van der Waals surface area (Å²) in [5.74, 6) is -5.25. The Morgan fingerprint density at radius 1 is 0.951 bits per heavy atom. The number of carbonyl (C=O) groups excluding carboxylic acids is 5. The Hall–Kier alpha value is -2.70. The van der Waals surface area contributed by atoms with Gasteiger partial charge in [0.05, 0.1) is 28.9 Å². The third-order valence-corrected chi connectivity index (χ3v) is 9.97. The summed E-state index contributed by atoms with van der Waals surface area (Å²) in [6, 6.07) is 0. The van der Waals surface area contributed by atoms with E-state index in [0.717, 1.165) is 0 Å². The first-order chi connectivity index (χ1) is 19.1. The van der Waals surface area contributed by atoms with Crippen LogP contribution in [0.15, 0.2) is 12.2 Å². The molecule has 5 aliphatic rings. The number of rotatable bonds is 4. The van der Waals surface area contributed by atoms with E-state index in [2.05, 4.69) is 6.58 Å². The van der Waals surface area contributed by atoms with Crippen molar-refractivity contribution in [1.82, 2.24) is 0 Å². The molecular weight excluding hydrogens is 564 g/mol. The van der Waals surface area contributed by atoms with Gasteiger partial charge in [0.1, 0.15) is 18.3 Å². The Labute approximate surface area is 242 Å². The van der Waals surface area contributed by atoms with Gasteiger partial charge in [-0.2, -0.15) is 0 Å². The molecule has 4 saturated heterocycles. The predicted molar refractivity (Wildman–Crippen MR) is 137 cm³/mol. The van der Waals surface area contributed by atoms with Crippen molar-refractivity contribution in [3.63, 3.8) is 0 Å². The smallest absolute Gasteiger partial charge is 0.312 e. The zero-order chi connectivity index (χ0) is 30.2. The molecule has 4 aliphatic heterocycles. The van der Waals surface area contributed by atoms with Crippen LogP contribution in [0.25, 0.3) is 0 Å². The lowest BCUT2D eigenvalue weighted by molar-refractivity contribution is -0.308. The molecule has 0 amide bonds. The average Bonchev–Trinajstić information content (AvgIpc) is 3.58. The fourth-order valence-electron chi connectivity index (χ4n) is 7.78. The molecule has 226 valence electrons. The molecule has 12 atom stereocenters. The molecule has 41 heavy (non-hydrogen) atoms. The number of epoxide rings is 1. The molecule has 2 spiro atoms. The van der Waals surface area contributed by atoms with Gasteiger partial charge in [-0.05, 0) is 25.3 Å². The lowest BCUT2D eigenvalue weighted by Crippen LogP contribution is -2.77. The van der Waals surface area contributed by atoms with E-state index in [9.17, 15) is 24.0 Å². The Morgan fingerprint density at radius 3 is 2.05 bits per heavy atom. The Kier molecular flexibility index (Phi) is 7.22. The first-order valence-corrected chi connectivity index (χ1v) is 14.1. The van der Waals surface area contributed by atoms with Crippen molar-refractivity contribution in [1.29, 1.82) is 0 Å². The molecule has 0 aromatic rings. The van der Waals surface area contributed by atoms with E-state index in [1.165, 1.54) is 27.7 Å². The van der Waals surface area contributed by atoms with E-state index < -0.39 is 100 Å². The fraction of sp³-hybridized carbons (Fsp3) is 0.750. The van der Waals surface area contributed by atoms with Gasteiger partial charge >= 0.3 is 29.8 Å². The van der Waals surface area contributed by atoms with Crippen molar-refractivity contribution in [3.05, 3.63) is 12.2 Å². The molecule has 2 bridgehead atoms. The van der Waals surface area contributed by atoms with Crippen molar-refractivity contribution >= 4 is 41.4 Å². The van der Waals surface area contributed by atoms with Crippen molar-refractivity contribution in [2.75, 3.05) is 6.61 Å². The minimum Gasteiger partial charge on any atom is -0.462 e. The third kappa shape index (κ3) is 4.36. The van der Waals surface area contributed by atoms with E-state index in [-0.39, 0.29) is 12.2 Å². The minimum absolute atomic E-state index is 0.207. The summed E-state index contributed by atoms with van der Waals surface area (Å²) in [7, 11) is 0. The monoisotopic (exact) mass is 598 g/mol. The molecule has 13 heteroatoms. The van der Waals surface area contributed by atoms with Gasteiger partial charge < -0.3 is 33.2 Å². The summed E-state index contributed by atoms with van der Waals surface area (Å²) in [5, 5.41) is -1.05. The van der Waals surface area contributed by atoms with Crippen LogP contribution in [0.2, 0.25) is 0 Å². The van der Waals surface area contributed by atoms with Gasteiger partial charge in [-0.3, -0.25) is 24.0 Å². The van der Waals surface area contributed by atoms with Gasteiger partial charge in [0, 0.05) is 33.6 Å². The highest BCUT2D eigenvalue weighted by Crippen LogP contribution is 2.65. The molecule has 1 saturated carbocycles. The lowest BCUT2D eigenvalue weighted by atomic mass is 9.51. The maximum absolute atomic E-state index is 13.2. The maximum Gasteiger partial charge on any atom is 0.312 e. The minimum atomic E-state index is -1.69. The van der Waals surface area contributed by atoms with Crippen LogP contribution in [0.5, 0.6) is 0 Å². The number of fused-ring (bicyclic) bond motifs is 3. The van der Waals surface area contributed by atoms with Crippen molar-refractivity contribution in [3.8, 4) is 0 Å². The van der Waals surface area contributed by atoms with Gasteiger partial charge in [-0.15, -0.1) is 11.6 Å². The SMILES string of the molecule is C=C1C(Cl)[C@H]2OC(=O)[C@H](C)[C@]23O[C@H]1[C@@H](OC(C)=O)[C@H](OC(C)=O)[C@@]1(C)C(OC(C)=O)CCC2(CO2)[C@H]1C3OC(C)=O. The number of alkyl halides is 1. The zero-order valence-corrected chi connectivity index (χ0v) is 24.6. The van der Waals surface area contributed by atoms with Gasteiger partial charge in [-0.25, -0.2) is 0 Å². The number of hydrogen-bond donors (Lipinski definition) is 0. The third-order valence-electron chi connectivity index (χ3n) is 9.46. The Morgan fingerprint density at radius 2 is 1.51 bits per heavy atom. The van der Waals surface area contributed by atoms with E-state index in [0.29, 0.717) is 12.8 Å². The number of hydrogen-bond acceptors (Lipinski definition) is 12. The fourth-order valence-corrected chi connectivity index (χ4v) is 8.15. The molecule has 0 aromatic heterocycles. The van der Waals surface area contributed by atoms with Gasteiger partial charge in [0.15, 0.2) is 23.9 Å². The van der Waals surface area contributed by atoms with Crippen LogP contribution in [-0.4, -0.2) is 89.7 Å². The summed E-state index contributed by atoms with van der Waals surface area (Å²) in [5.41, 5.74) is -3.83. The first-order valence-electron chi connectivity index (χ1n) is 13.6. The van der Waals surface area contributed by atoms with Crippen molar-refractivity contribution in [2.24, 2.45) is 17.3 Å². The average molecular weight is 599 g/mol. The number of esters is 5. The number of ether oxygens (including phenoxy) is 7. The van der Waals surface area contributed by atoms with Crippen LogP contribution in [0, 0.1) is 17.3 Å².